The molecule has 0 amide bonds. The first-order valence-corrected chi connectivity index (χ1v) is 8.66. The Bertz CT molecular complexity index is 1080. The number of benzene rings is 2. The lowest BCUT2D eigenvalue weighted by molar-refractivity contribution is -0.137. The number of ketones is 1. The number of nitriles is 1. The van der Waals surface area contributed by atoms with Crippen LogP contribution in [0.3, 0.4) is 0 Å². The van der Waals surface area contributed by atoms with Crippen LogP contribution in [0, 0.1) is 11.3 Å². The van der Waals surface area contributed by atoms with Gasteiger partial charge in [0.2, 0.25) is 5.88 Å². The van der Waals surface area contributed by atoms with E-state index in [4.69, 9.17) is 16.3 Å². The molecule has 0 radical (unpaired) electrons. The number of carbonyl (C=O) groups excluding carboxylic acids is 1. The van der Waals surface area contributed by atoms with Crippen molar-refractivity contribution < 1.29 is 22.7 Å². The Hall–Kier alpha value is -3.37. The van der Waals surface area contributed by atoms with Crippen molar-refractivity contribution in [3.8, 4) is 23.2 Å². The standard InChI is InChI=1S/C21H12ClF3N2O2/c22-15-8-6-13(7-9-15)18-10-17(21(23,24)25)16(11-26)20(27-18)29-12-19(28)14-4-2-1-3-5-14/h1-10H,12H2. The van der Waals surface area contributed by atoms with Crippen LogP contribution in [0.1, 0.15) is 21.5 Å². The highest BCUT2D eigenvalue weighted by Gasteiger charge is 2.36. The van der Waals surface area contributed by atoms with Crippen molar-refractivity contribution in [3.63, 3.8) is 0 Å². The Labute approximate surface area is 169 Å². The molecule has 1 heterocycles. The third kappa shape index (κ3) is 4.73. The molecule has 3 aromatic rings. The van der Waals surface area contributed by atoms with Gasteiger partial charge in [0.1, 0.15) is 11.6 Å². The zero-order chi connectivity index (χ0) is 21.0. The molecule has 1 aromatic heterocycles. The van der Waals surface area contributed by atoms with Crippen molar-refractivity contribution in [2.24, 2.45) is 0 Å². The molecule has 0 aliphatic carbocycles. The van der Waals surface area contributed by atoms with Crippen molar-refractivity contribution in [1.29, 1.82) is 5.26 Å². The van der Waals surface area contributed by atoms with Crippen molar-refractivity contribution in [2.45, 2.75) is 6.18 Å². The number of hydrogen-bond donors (Lipinski definition) is 0. The molecule has 0 aliphatic rings. The van der Waals surface area contributed by atoms with Gasteiger partial charge in [-0.3, -0.25) is 4.79 Å². The minimum atomic E-state index is -4.81. The second kappa shape index (κ2) is 8.33. The second-order valence-corrected chi connectivity index (χ2v) is 6.37. The van der Waals surface area contributed by atoms with E-state index in [1.54, 1.807) is 30.3 Å². The third-order valence-electron chi connectivity index (χ3n) is 3.98. The predicted octanol–water partition coefficient (Wildman–Crippen LogP) is 5.55. The van der Waals surface area contributed by atoms with Crippen LogP contribution in [-0.2, 0) is 6.18 Å². The van der Waals surface area contributed by atoms with Crippen LogP contribution in [0.15, 0.2) is 60.7 Å². The lowest BCUT2D eigenvalue weighted by Crippen LogP contribution is -2.16. The summed E-state index contributed by atoms with van der Waals surface area (Å²) in [7, 11) is 0. The first-order valence-electron chi connectivity index (χ1n) is 8.29. The minimum absolute atomic E-state index is 0.0600. The molecule has 0 bridgehead atoms. The van der Waals surface area contributed by atoms with Crippen LogP contribution in [0.2, 0.25) is 5.02 Å². The van der Waals surface area contributed by atoms with Crippen LogP contribution >= 0.6 is 11.6 Å². The molecule has 0 spiro atoms. The molecule has 2 aromatic carbocycles. The highest BCUT2D eigenvalue weighted by molar-refractivity contribution is 6.30. The summed E-state index contributed by atoms with van der Waals surface area (Å²) in [4.78, 5) is 16.3. The molecule has 146 valence electrons. The Balaban J connectivity index is 2.02. The van der Waals surface area contributed by atoms with E-state index in [-0.39, 0.29) is 5.69 Å². The zero-order valence-corrected chi connectivity index (χ0v) is 15.5. The molecule has 0 unspecified atom stereocenters. The van der Waals surface area contributed by atoms with Gasteiger partial charge in [-0.05, 0) is 18.2 Å². The molecule has 0 aliphatic heterocycles. The van der Waals surface area contributed by atoms with Gasteiger partial charge in [-0.25, -0.2) is 4.98 Å². The molecule has 0 saturated heterocycles. The highest BCUT2D eigenvalue weighted by Crippen LogP contribution is 2.37. The third-order valence-corrected chi connectivity index (χ3v) is 4.23. The number of nitrogens with zero attached hydrogens (tertiary/aromatic N) is 2. The van der Waals surface area contributed by atoms with E-state index >= 15 is 0 Å². The Kier molecular flexibility index (Phi) is 5.85. The van der Waals surface area contributed by atoms with Crippen molar-refractivity contribution >= 4 is 17.4 Å². The Morgan fingerprint density at radius 2 is 1.76 bits per heavy atom. The number of hydrogen-bond acceptors (Lipinski definition) is 4. The summed E-state index contributed by atoms with van der Waals surface area (Å²) >= 11 is 5.82. The van der Waals surface area contributed by atoms with Gasteiger partial charge in [0.15, 0.2) is 12.4 Å². The van der Waals surface area contributed by atoms with Gasteiger partial charge in [0.05, 0.1) is 11.3 Å². The zero-order valence-electron chi connectivity index (χ0n) is 14.7. The van der Waals surface area contributed by atoms with E-state index in [1.165, 1.54) is 30.3 Å². The van der Waals surface area contributed by atoms with Gasteiger partial charge >= 0.3 is 6.18 Å². The van der Waals surface area contributed by atoms with Crippen LogP contribution in [-0.4, -0.2) is 17.4 Å². The van der Waals surface area contributed by atoms with Gasteiger partial charge in [-0.1, -0.05) is 54.1 Å². The smallest absolute Gasteiger partial charge is 0.417 e. The number of pyridine rings is 1. The van der Waals surface area contributed by atoms with E-state index in [0.29, 0.717) is 16.1 Å². The SMILES string of the molecule is N#Cc1c(C(F)(F)F)cc(-c2ccc(Cl)cc2)nc1OCC(=O)c1ccccc1. The minimum Gasteiger partial charge on any atom is -0.468 e. The Morgan fingerprint density at radius 1 is 1.10 bits per heavy atom. The molecule has 8 heteroatoms. The van der Waals surface area contributed by atoms with Gasteiger partial charge in [0.25, 0.3) is 0 Å². The number of aromatic nitrogens is 1. The summed E-state index contributed by atoms with van der Waals surface area (Å²) in [6.07, 6.45) is -4.81. The van der Waals surface area contributed by atoms with Gasteiger partial charge in [-0.2, -0.15) is 18.4 Å². The number of alkyl halides is 3. The summed E-state index contributed by atoms with van der Waals surface area (Å²) in [6.45, 7) is -0.562. The molecule has 0 N–H and O–H groups in total. The monoisotopic (exact) mass is 416 g/mol. The molecule has 3 rings (SSSR count). The molecular formula is C21H12ClF3N2O2. The van der Waals surface area contributed by atoms with E-state index < -0.39 is 35.6 Å². The molecule has 0 fully saturated rings. The summed E-state index contributed by atoms with van der Waals surface area (Å²) < 4.78 is 45.8. The highest BCUT2D eigenvalue weighted by atomic mass is 35.5. The maximum absolute atomic E-state index is 13.5. The molecule has 29 heavy (non-hydrogen) atoms. The lowest BCUT2D eigenvalue weighted by Gasteiger charge is -2.15. The van der Waals surface area contributed by atoms with Crippen molar-refractivity contribution in [2.75, 3.05) is 6.61 Å². The normalized spacial score (nSPS) is 11.0. The number of halogens is 4. The van der Waals surface area contributed by atoms with Crippen molar-refractivity contribution in [3.05, 3.63) is 82.4 Å². The van der Waals surface area contributed by atoms with Gasteiger partial charge in [0, 0.05) is 16.1 Å². The van der Waals surface area contributed by atoms with Crippen molar-refractivity contribution in [1.82, 2.24) is 4.98 Å². The number of ether oxygens (including phenoxy) is 1. The number of carbonyl (C=O) groups is 1. The van der Waals surface area contributed by atoms with Gasteiger partial charge in [-0.15, -0.1) is 0 Å². The summed E-state index contributed by atoms with van der Waals surface area (Å²) in [6, 6.07) is 16.4. The van der Waals surface area contributed by atoms with E-state index in [9.17, 15) is 23.2 Å². The largest absolute Gasteiger partial charge is 0.468 e. The van der Waals surface area contributed by atoms with E-state index in [0.717, 1.165) is 6.07 Å². The molecular weight excluding hydrogens is 405 g/mol. The number of Topliss-reactive ketones (excluding diaryl/α,β-unsaturated/α-hetero) is 1. The fourth-order valence-electron chi connectivity index (χ4n) is 2.57. The van der Waals surface area contributed by atoms with Crippen LogP contribution in [0.4, 0.5) is 13.2 Å². The average molecular weight is 417 g/mol. The van der Waals surface area contributed by atoms with E-state index in [1.807, 2.05) is 0 Å². The summed E-state index contributed by atoms with van der Waals surface area (Å²) in [5, 5.41) is 9.68. The maximum atomic E-state index is 13.5. The van der Waals surface area contributed by atoms with E-state index in [2.05, 4.69) is 4.98 Å². The summed E-state index contributed by atoms with van der Waals surface area (Å²) in [5.74, 6) is -1.02. The predicted molar refractivity (Wildman–Crippen MR) is 101 cm³/mol. The summed E-state index contributed by atoms with van der Waals surface area (Å²) in [5.41, 5.74) is -1.35. The quantitative estimate of drug-likeness (QED) is 0.511. The number of rotatable bonds is 5. The van der Waals surface area contributed by atoms with Crippen LogP contribution < -0.4 is 4.74 Å². The molecule has 4 nitrogen and oxygen atoms in total. The second-order valence-electron chi connectivity index (χ2n) is 5.93. The average Bonchev–Trinajstić information content (AvgIpc) is 2.71. The molecule has 0 saturated carbocycles. The fourth-order valence-corrected chi connectivity index (χ4v) is 2.69. The maximum Gasteiger partial charge on any atom is 0.417 e. The van der Waals surface area contributed by atoms with Gasteiger partial charge < -0.3 is 4.74 Å². The first-order chi connectivity index (χ1) is 13.8. The fraction of sp³-hybridized carbons (Fsp3) is 0.0952. The lowest BCUT2D eigenvalue weighted by atomic mass is 10.0. The van der Waals surface area contributed by atoms with Crippen LogP contribution in [0.5, 0.6) is 5.88 Å². The Morgan fingerprint density at radius 3 is 2.34 bits per heavy atom. The molecule has 0 atom stereocenters. The topological polar surface area (TPSA) is 63.0 Å². The van der Waals surface area contributed by atoms with Crippen LogP contribution in [0.25, 0.3) is 11.3 Å². The first kappa shape index (κ1) is 20.4.